The third-order valence-electron chi connectivity index (χ3n) is 4.11. The Hall–Kier alpha value is -1.82. The highest BCUT2D eigenvalue weighted by atomic mass is 79.9. The number of ether oxygens (including phenoxy) is 1. The summed E-state index contributed by atoms with van der Waals surface area (Å²) < 4.78 is 7.56. The summed E-state index contributed by atoms with van der Waals surface area (Å²) in [6.07, 6.45) is 3.65. The number of carbonyl (C=O) groups excluding carboxylic acids is 1. The second-order valence-corrected chi connectivity index (χ2v) is 6.25. The van der Waals surface area contributed by atoms with Crippen LogP contribution in [-0.2, 0) is 7.05 Å². The molecule has 2 heterocycles. The van der Waals surface area contributed by atoms with Crippen molar-refractivity contribution in [3.8, 4) is 5.75 Å². The summed E-state index contributed by atoms with van der Waals surface area (Å²) in [5.41, 5.74) is 1.74. The molecule has 0 radical (unpaired) electrons. The van der Waals surface area contributed by atoms with Crippen LogP contribution in [0, 0.1) is 0 Å². The predicted molar refractivity (Wildman–Crippen MR) is 86.9 cm³/mol. The molecule has 1 amide bonds. The normalized spacial score (nSPS) is 17.8. The smallest absolute Gasteiger partial charge is 0.273 e. The molecular weight excluding hydrogens is 346 g/mol. The van der Waals surface area contributed by atoms with E-state index in [0.29, 0.717) is 5.69 Å². The molecule has 0 spiro atoms. The minimum atomic E-state index is 0.0187. The first-order valence-electron chi connectivity index (χ1n) is 7.24. The molecule has 1 aromatic carbocycles. The summed E-state index contributed by atoms with van der Waals surface area (Å²) in [7, 11) is 3.44. The van der Waals surface area contributed by atoms with E-state index in [1.54, 1.807) is 25.0 Å². The topological polar surface area (TPSA) is 47.4 Å². The van der Waals surface area contributed by atoms with E-state index in [1.165, 1.54) is 0 Å². The molecule has 1 saturated heterocycles. The molecule has 22 heavy (non-hydrogen) atoms. The SMILES string of the molecule is COc1ccc([C@H]2CCCN2C(=O)c2c(Br)cnn2C)cc1. The maximum absolute atomic E-state index is 12.9. The van der Waals surface area contributed by atoms with Gasteiger partial charge < -0.3 is 9.64 Å². The van der Waals surface area contributed by atoms with Gasteiger partial charge >= 0.3 is 0 Å². The van der Waals surface area contributed by atoms with Crippen LogP contribution in [0.5, 0.6) is 5.75 Å². The largest absolute Gasteiger partial charge is 0.497 e. The van der Waals surface area contributed by atoms with Crippen molar-refractivity contribution in [1.29, 1.82) is 0 Å². The molecule has 1 atom stereocenters. The first kappa shape index (κ1) is 15.1. The van der Waals surface area contributed by atoms with Gasteiger partial charge in [-0.3, -0.25) is 9.48 Å². The Labute approximate surface area is 138 Å². The number of benzene rings is 1. The van der Waals surface area contributed by atoms with E-state index in [0.717, 1.165) is 35.2 Å². The first-order valence-corrected chi connectivity index (χ1v) is 8.03. The average molecular weight is 364 g/mol. The number of hydrogen-bond donors (Lipinski definition) is 0. The highest BCUT2D eigenvalue weighted by Gasteiger charge is 2.32. The molecule has 0 bridgehead atoms. The molecule has 0 saturated carbocycles. The van der Waals surface area contributed by atoms with Gasteiger partial charge in [-0.05, 0) is 46.5 Å². The molecule has 0 aliphatic carbocycles. The Morgan fingerprint density at radius 2 is 2.09 bits per heavy atom. The minimum absolute atomic E-state index is 0.0187. The van der Waals surface area contributed by atoms with Crippen LogP contribution in [0.2, 0.25) is 0 Å². The molecule has 1 aliphatic heterocycles. The van der Waals surface area contributed by atoms with Crippen molar-refractivity contribution in [3.63, 3.8) is 0 Å². The third kappa shape index (κ3) is 2.63. The summed E-state index contributed by atoms with van der Waals surface area (Å²) >= 11 is 3.41. The molecule has 6 heteroatoms. The van der Waals surface area contributed by atoms with E-state index in [2.05, 4.69) is 21.0 Å². The maximum atomic E-state index is 12.9. The van der Waals surface area contributed by atoms with E-state index >= 15 is 0 Å². The Morgan fingerprint density at radius 1 is 1.36 bits per heavy atom. The van der Waals surface area contributed by atoms with E-state index in [1.807, 2.05) is 29.2 Å². The predicted octanol–water partition coefficient (Wildman–Crippen LogP) is 3.17. The van der Waals surface area contributed by atoms with Crippen LogP contribution in [0.15, 0.2) is 34.9 Å². The van der Waals surface area contributed by atoms with Crippen LogP contribution >= 0.6 is 15.9 Å². The number of halogens is 1. The summed E-state index contributed by atoms with van der Waals surface area (Å²) in [5, 5.41) is 4.13. The van der Waals surface area contributed by atoms with Crippen LogP contribution < -0.4 is 4.74 Å². The highest BCUT2D eigenvalue weighted by molar-refractivity contribution is 9.10. The summed E-state index contributed by atoms with van der Waals surface area (Å²) in [6, 6.07) is 8.06. The maximum Gasteiger partial charge on any atom is 0.273 e. The van der Waals surface area contributed by atoms with Crippen molar-refractivity contribution >= 4 is 21.8 Å². The van der Waals surface area contributed by atoms with E-state index in [4.69, 9.17) is 4.74 Å². The van der Waals surface area contributed by atoms with Crippen LogP contribution in [0.1, 0.15) is 34.9 Å². The number of rotatable bonds is 3. The fourth-order valence-corrected chi connectivity index (χ4v) is 3.49. The molecule has 3 rings (SSSR count). The van der Waals surface area contributed by atoms with E-state index in [9.17, 15) is 4.79 Å². The van der Waals surface area contributed by atoms with Gasteiger partial charge in [0.15, 0.2) is 0 Å². The minimum Gasteiger partial charge on any atom is -0.497 e. The lowest BCUT2D eigenvalue weighted by molar-refractivity contribution is 0.0723. The Morgan fingerprint density at radius 3 is 2.68 bits per heavy atom. The second-order valence-electron chi connectivity index (χ2n) is 5.39. The van der Waals surface area contributed by atoms with Crippen molar-refractivity contribution in [2.75, 3.05) is 13.7 Å². The van der Waals surface area contributed by atoms with Crippen LogP contribution in [0.4, 0.5) is 0 Å². The zero-order valence-corrected chi connectivity index (χ0v) is 14.2. The number of likely N-dealkylation sites (tertiary alicyclic amines) is 1. The average Bonchev–Trinajstić information content (AvgIpc) is 3.14. The van der Waals surface area contributed by atoms with Gasteiger partial charge in [0.1, 0.15) is 11.4 Å². The molecule has 5 nitrogen and oxygen atoms in total. The number of carbonyl (C=O) groups is 1. The number of amides is 1. The van der Waals surface area contributed by atoms with Gasteiger partial charge in [0, 0.05) is 13.6 Å². The lowest BCUT2D eigenvalue weighted by atomic mass is 10.0. The number of nitrogens with zero attached hydrogens (tertiary/aromatic N) is 3. The summed E-state index contributed by atoms with van der Waals surface area (Å²) in [5.74, 6) is 0.846. The monoisotopic (exact) mass is 363 g/mol. The Balaban J connectivity index is 1.88. The van der Waals surface area contributed by atoms with Crippen LogP contribution in [0.3, 0.4) is 0 Å². The van der Waals surface area contributed by atoms with Gasteiger partial charge in [0.2, 0.25) is 0 Å². The molecular formula is C16H18BrN3O2. The summed E-state index contributed by atoms with van der Waals surface area (Å²) in [6.45, 7) is 0.771. The lowest BCUT2D eigenvalue weighted by Gasteiger charge is -2.25. The quantitative estimate of drug-likeness (QED) is 0.841. The standard InChI is InChI=1S/C16H18BrN3O2/c1-19-15(13(17)10-18-19)16(21)20-9-3-4-14(20)11-5-7-12(22-2)8-6-11/h5-8,10,14H,3-4,9H2,1-2H3/t14-/m1/s1. The number of aromatic nitrogens is 2. The molecule has 2 aromatic rings. The molecule has 0 N–H and O–H groups in total. The van der Waals surface area contributed by atoms with Crippen molar-refractivity contribution in [3.05, 3.63) is 46.2 Å². The second kappa shape index (κ2) is 6.12. The van der Waals surface area contributed by atoms with E-state index in [-0.39, 0.29) is 11.9 Å². The number of aryl methyl sites for hydroxylation is 1. The Bertz CT molecular complexity index is 662. The third-order valence-corrected chi connectivity index (χ3v) is 4.69. The molecule has 1 aliphatic rings. The molecule has 1 fully saturated rings. The van der Waals surface area contributed by atoms with E-state index < -0.39 is 0 Å². The molecule has 116 valence electrons. The highest BCUT2D eigenvalue weighted by Crippen LogP contribution is 2.34. The zero-order chi connectivity index (χ0) is 15.7. The van der Waals surface area contributed by atoms with Crippen LogP contribution in [-0.4, -0.2) is 34.2 Å². The number of hydrogen-bond acceptors (Lipinski definition) is 3. The number of methoxy groups -OCH3 is 1. The van der Waals surface area contributed by atoms with Gasteiger partial charge in [-0.1, -0.05) is 12.1 Å². The van der Waals surface area contributed by atoms with Gasteiger partial charge in [0.25, 0.3) is 5.91 Å². The van der Waals surface area contributed by atoms with Crippen LogP contribution in [0.25, 0.3) is 0 Å². The van der Waals surface area contributed by atoms with Gasteiger partial charge in [-0.15, -0.1) is 0 Å². The van der Waals surface area contributed by atoms with Gasteiger partial charge in [-0.2, -0.15) is 5.10 Å². The summed E-state index contributed by atoms with van der Waals surface area (Å²) in [4.78, 5) is 14.8. The first-order chi connectivity index (χ1) is 10.6. The zero-order valence-electron chi connectivity index (χ0n) is 12.6. The van der Waals surface area contributed by atoms with Crippen molar-refractivity contribution in [2.45, 2.75) is 18.9 Å². The Kier molecular flexibility index (Phi) is 4.20. The van der Waals surface area contributed by atoms with Gasteiger partial charge in [0.05, 0.1) is 23.8 Å². The molecule has 0 unspecified atom stereocenters. The molecule has 1 aromatic heterocycles. The van der Waals surface area contributed by atoms with Crippen molar-refractivity contribution in [1.82, 2.24) is 14.7 Å². The fraction of sp³-hybridized carbons (Fsp3) is 0.375. The lowest BCUT2D eigenvalue weighted by Crippen LogP contribution is -2.32. The van der Waals surface area contributed by atoms with Crippen molar-refractivity contribution < 1.29 is 9.53 Å². The van der Waals surface area contributed by atoms with Crippen molar-refractivity contribution in [2.24, 2.45) is 7.05 Å². The fourth-order valence-electron chi connectivity index (χ4n) is 2.97. The van der Waals surface area contributed by atoms with Gasteiger partial charge in [-0.25, -0.2) is 0 Å².